The van der Waals surface area contributed by atoms with Gasteiger partial charge in [0.25, 0.3) is 0 Å². The van der Waals surface area contributed by atoms with E-state index in [0.717, 1.165) is 5.56 Å². The third kappa shape index (κ3) is 6.43. The molecule has 1 aromatic rings. The fourth-order valence-corrected chi connectivity index (χ4v) is 1.61. The summed E-state index contributed by atoms with van der Waals surface area (Å²) in [5.41, 5.74) is 0.948. The van der Waals surface area contributed by atoms with Crippen molar-refractivity contribution in [3.63, 3.8) is 0 Å². The van der Waals surface area contributed by atoms with Crippen molar-refractivity contribution < 1.29 is 19.1 Å². The molecule has 1 rings (SSSR count). The third-order valence-corrected chi connectivity index (χ3v) is 2.72. The van der Waals surface area contributed by atoms with E-state index in [1.807, 2.05) is 30.3 Å². The van der Waals surface area contributed by atoms with Crippen molar-refractivity contribution >= 4 is 23.7 Å². The maximum Gasteiger partial charge on any atom is 0.410 e. The van der Waals surface area contributed by atoms with Crippen LogP contribution < -0.4 is 0 Å². The van der Waals surface area contributed by atoms with Crippen molar-refractivity contribution in [3.05, 3.63) is 35.9 Å². The van der Waals surface area contributed by atoms with Gasteiger partial charge in [-0.1, -0.05) is 41.9 Å². The molecule has 0 aliphatic rings. The summed E-state index contributed by atoms with van der Waals surface area (Å²) in [5, 5.41) is 0. The van der Waals surface area contributed by atoms with E-state index in [4.69, 9.17) is 16.3 Å². The molecule has 0 radical (unpaired) electrons. The molecule has 0 spiro atoms. The Kier molecular flexibility index (Phi) is 7.50. The van der Waals surface area contributed by atoms with E-state index < -0.39 is 6.09 Å². The first-order valence-corrected chi connectivity index (χ1v) is 6.80. The van der Waals surface area contributed by atoms with Gasteiger partial charge in [0.1, 0.15) is 6.61 Å². The topological polar surface area (TPSA) is 55.8 Å². The molecule has 0 bridgehead atoms. The number of ether oxygens (including phenoxy) is 2. The van der Waals surface area contributed by atoms with Crippen molar-refractivity contribution in [2.24, 2.45) is 0 Å². The highest BCUT2D eigenvalue weighted by molar-refractivity contribution is 6.17. The summed E-state index contributed by atoms with van der Waals surface area (Å²) in [6, 6.07) is 9.29. The van der Waals surface area contributed by atoms with Crippen LogP contribution in [0.5, 0.6) is 0 Å². The van der Waals surface area contributed by atoms with Gasteiger partial charge in [-0.15, -0.1) is 0 Å². The molecule has 6 heteroatoms. The van der Waals surface area contributed by atoms with Gasteiger partial charge in [0.2, 0.25) is 0 Å². The molecule has 0 saturated heterocycles. The average molecular weight is 300 g/mol. The molecule has 0 aromatic heterocycles. The Hall–Kier alpha value is -1.75. The van der Waals surface area contributed by atoms with Gasteiger partial charge < -0.3 is 14.4 Å². The van der Waals surface area contributed by atoms with Crippen molar-refractivity contribution in [1.82, 2.24) is 4.90 Å². The summed E-state index contributed by atoms with van der Waals surface area (Å²) >= 11 is 5.28. The molecule has 0 saturated carbocycles. The van der Waals surface area contributed by atoms with E-state index in [0.29, 0.717) is 13.0 Å². The predicted molar refractivity (Wildman–Crippen MR) is 75.3 cm³/mol. The summed E-state index contributed by atoms with van der Waals surface area (Å²) in [6.45, 7) is 0.681. The Balaban J connectivity index is 2.16. The molecule has 0 N–H and O–H groups in total. The number of nitrogens with zero attached hydrogens (tertiary/aromatic N) is 1. The van der Waals surface area contributed by atoms with Gasteiger partial charge in [-0.05, 0) is 12.0 Å². The maximum atomic E-state index is 11.5. The lowest BCUT2D eigenvalue weighted by atomic mass is 10.2. The van der Waals surface area contributed by atoms with Crippen LogP contribution in [-0.2, 0) is 20.9 Å². The van der Waals surface area contributed by atoms with E-state index in [2.05, 4.69) is 4.74 Å². The van der Waals surface area contributed by atoms with Gasteiger partial charge in [-0.3, -0.25) is 4.79 Å². The first kappa shape index (κ1) is 16.3. The fraction of sp³-hybridized carbons (Fsp3) is 0.429. The Morgan fingerprint density at radius 3 is 2.55 bits per heavy atom. The van der Waals surface area contributed by atoms with Gasteiger partial charge in [0.05, 0.1) is 0 Å². The van der Waals surface area contributed by atoms with Crippen LogP contribution in [-0.4, -0.2) is 36.6 Å². The molecule has 0 atom stereocenters. The van der Waals surface area contributed by atoms with Crippen molar-refractivity contribution in [2.75, 3.05) is 19.7 Å². The monoisotopic (exact) mass is 299 g/mol. The minimum Gasteiger partial charge on any atom is -0.461 e. The van der Waals surface area contributed by atoms with Gasteiger partial charge >= 0.3 is 12.1 Å². The van der Waals surface area contributed by atoms with Crippen LogP contribution in [0, 0.1) is 0 Å². The zero-order valence-corrected chi connectivity index (χ0v) is 12.1. The number of rotatable bonds is 7. The Labute approximate surface area is 123 Å². The van der Waals surface area contributed by atoms with E-state index in [-0.39, 0.29) is 25.1 Å². The second kappa shape index (κ2) is 9.20. The highest BCUT2D eigenvalue weighted by Gasteiger charge is 2.10. The summed E-state index contributed by atoms with van der Waals surface area (Å²) in [6.07, 6.45) is 0.268. The number of amides is 1. The van der Waals surface area contributed by atoms with Crippen LogP contribution >= 0.6 is 11.6 Å². The van der Waals surface area contributed by atoms with Gasteiger partial charge in [-0.2, -0.15) is 0 Å². The number of alkyl halides is 1. The van der Waals surface area contributed by atoms with Crippen LogP contribution in [0.15, 0.2) is 30.3 Å². The molecule has 0 aliphatic heterocycles. The van der Waals surface area contributed by atoms with Gasteiger partial charge in [0, 0.05) is 20.0 Å². The number of benzene rings is 1. The summed E-state index contributed by atoms with van der Waals surface area (Å²) in [5.74, 6) is -0.284. The molecule has 0 fully saturated rings. The van der Waals surface area contributed by atoms with Crippen molar-refractivity contribution in [2.45, 2.75) is 19.4 Å². The number of carbonyl (C=O) groups is 2. The number of halogens is 1. The van der Waals surface area contributed by atoms with Crippen LogP contribution in [0.1, 0.15) is 18.4 Å². The summed E-state index contributed by atoms with van der Waals surface area (Å²) in [4.78, 5) is 24.1. The second-order valence-corrected chi connectivity index (χ2v) is 4.41. The minimum atomic E-state index is -0.502. The molecule has 0 heterocycles. The van der Waals surface area contributed by atoms with Crippen LogP contribution in [0.25, 0.3) is 0 Å². The molecule has 1 amide bonds. The lowest BCUT2D eigenvalue weighted by Crippen LogP contribution is -2.28. The van der Waals surface area contributed by atoms with Gasteiger partial charge in [0.15, 0.2) is 6.07 Å². The second-order valence-electron chi connectivity index (χ2n) is 4.19. The predicted octanol–water partition coefficient (Wildman–Crippen LogP) is 2.77. The molecule has 0 aliphatic carbocycles. The SMILES string of the molecule is CN(CCCC(=O)OCc1ccccc1)C(=O)OCCl. The normalized spacial score (nSPS) is 9.90. The van der Waals surface area contributed by atoms with E-state index in [1.54, 1.807) is 7.05 Å². The Morgan fingerprint density at radius 2 is 1.90 bits per heavy atom. The standard InChI is InChI=1S/C14H18ClNO4/c1-16(14(18)20-11-15)9-5-8-13(17)19-10-12-6-3-2-4-7-12/h2-4,6-7H,5,8-11H2,1H3. The molecule has 5 nitrogen and oxygen atoms in total. The highest BCUT2D eigenvalue weighted by Crippen LogP contribution is 2.03. The molecule has 0 unspecified atom stereocenters. The maximum absolute atomic E-state index is 11.5. The Bertz CT molecular complexity index is 424. The third-order valence-electron chi connectivity index (χ3n) is 2.61. The van der Waals surface area contributed by atoms with Crippen molar-refractivity contribution in [1.29, 1.82) is 0 Å². The van der Waals surface area contributed by atoms with E-state index in [9.17, 15) is 9.59 Å². The molecule has 20 heavy (non-hydrogen) atoms. The van der Waals surface area contributed by atoms with Gasteiger partial charge in [-0.25, -0.2) is 4.79 Å². The molecular formula is C14H18ClNO4. The van der Waals surface area contributed by atoms with E-state index >= 15 is 0 Å². The van der Waals surface area contributed by atoms with Crippen LogP contribution in [0.3, 0.4) is 0 Å². The fourth-order valence-electron chi connectivity index (χ4n) is 1.52. The minimum absolute atomic E-state index is 0.178. The molecule has 1 aromatic carbocycles. The van der Waals surface area contributed by atoms with E-state index in [1.165, 1.54) is 4.90 Å². The number of carbonyl (C=O) groups excluding carboxylic acids is 2. The quantitative estimate of drug-likeness (QED) is 0.574. The smallest absolute Gasteiger partial charge is 0.410 e. The average Bonchev–Trinajstić information content (AvgIpc) is 2.46. The lowest BCUT2D eigenvalue weighted by molar-refractivity contribution is -0.145. The zero-order valence-electron chi connectivity index (χ0n) is 11.4. The number of hydrogen-bond acceptors (Lipinski definition) is 4. The molecule has 110 valence electrons. The van der Waals surface area contributed by atoms with Crippen LogP contribution in [0.2, 0.25) is 0 Å². The number of esters is 1. The Morgan fingerprint density at radius 1 is 1.20 bits per heavy atom. The lowest BCUT2D eigenvalue weighted by Gasteiger charge is -2.15. The molecular weight excluding hydrogens is 282 g/mol. The van der Waals surface area contributed by atoms with Crippen LogP contribution in [0.4, 0.5) is 4.79 Å². The summed E-state index contributed by atoms with van der Waals surface area (Å²) < 4.78 is 9.73. The zero-order chi connectivity index (χ0) is 14.8. The summed E-state index contributed by atoms with van der Waals surface area (Å²) in [7, 11) is 1.59. The van der Waals surface area contributed by atoms with Crippen molar-refractivity contribution in [3.8, 4) is 0 Å². The highest BCUT2D eigenvalue weighted by atomic mass is 35.5. The first-order valence-electron chi connectivity index (χ1n) is 6.27. The number of hydrogen-bond donors (Lipinski definition) is 0. The largest absolute Gasteiger partial charge is 0.461 e. The first-order chi connectivity index (χ1) is 9.63.